The number of nitro benzene ring substituents is 1. The highest BCUT2D eigenvalue weighted by molar-refractivity contribution is 7.54. The second-order valence-electron chi connectivity index (χ2n) is 6.08. The smallest absolute Gasteiger partial charge is 0.356 e. The van der Waals surface area contributed by atoms with E-state index in [-0.39, 0.29) is 5.69 Å². The lowest BCUT2D eigenvalue weighted by molar-refractivity contribution is -0.384. The number of rotatable bonds is 8. The third-order valence-corrected chi connectivity index (χ3v) is 6.20. The van der Waals surface area contributed by atoms with Crippen molar-refractivity contribution in [3.05, 3.63) is 69.8 Å². The fraction of sp³-hybridized carbons (Fsp3) is 0.333. The minimum absolute atomic E-state index is 0.0431. The Morgan fingerprint density at radius 2 is 1.46 bits per heavy atom. The summed E-state index contributed by atoms with van der Waals surface area (Å²) in [6.45, 7) is 4.21. The third kappa shape index (κ3) is 4.49. The third-order valence-electron chi connectivity index (χ3n) is 4.13. The van der Waals surface area contributed by atoms with E-state index in [1.165, 1.54) is 31.9 Å². The molecule has 0 heterocycles. The number of anilines is 1. The first-order chi connectivity index (χ1) is 12.3. The number of nitrogens with one attached hydrogen (secondary N) is 1. The quantitative estimate of drug-likeness (QED) is 0.380. The van der Waals surface area contributed by atoms with Gasteiger partial charge in [-0.25, -0.2) is 0 Å². The molecule has 0 aliphatic heterocycles. The second-order valence-corrected chi connectivity index (χ2v) is 8.40. The summed E-state index contributed by atoms with van der Waals surface area (Å²) in [6, 6.07) is 13.6. The molecule has 0 amide bonds. The van der Waals surface area contributed by atoms with Crippen molar-refractivity contribution in [1.29, 1.82) is 0 Å². The van der Waals surface area contributed by atoms with Crippen LogP contribution in [-0.2, 0) is 13.6 Å². The monoisotopic (exact) mass is 378 g/mol. The molecule has 2 aromatic rings. The van der Waals surface area contributed by atoms with E-state index < -0.39 is 18.3 Å². The highest BCUT2D eigenvalue weighted by atomic mass is 31.2. The van der Waals surface area contributed by atoms with Gasteiger partial charge >= 0.3 is 7.60 Å². The zero-order valence-corrected chi connectivity index (χ0v) is 16.1. The zero-order valence-electron chi connectivity index (χ0n) is 15.2. The second kappa shape index (κ2) is 8.45. The van der Waals surface area contributed by atoms with E-state index in [0.29, 0.717) is 11.5 Å². The molecule has 0 saturated heterocycles. The number of non-ortho nitro benzene ring substituents is 1. The van der Waals surface area contributed by atoms with Crippen molar-refractivity contribution >= 4 is 19.0 Å². The summed E-state index contributed by atoms with van der Waals surface area (Å²) in [6.07, 6.45) is 0. The molecule has 140 valence electrons. The zero-order chi connectivity index (χ0) is 19.3. The molecule has 0 bridgehead atoms. The average Bonchev–Trinajstić information content (AvgIpc) is 2.66. The van der Waals surface area contributed by atoms with Crippen LogP contribution in [0.15, 0.2) is 48.5 Å². The summed E-state index contributed by atoms with van der Waals surface area (Å²) in [4.78, 5) is 10.4. The lowest BCUT2D eigenvalue weighted by atomic mass is 10.0. The van der Waals surface area contributed by atoms with Crippen LogP contribution in [0, 0.1) is 10.1 Å². The molecule has 0 fully saturated rings. The number of nitro groups is 1. The van der Waals surface area contributed by atoms with Gasteiger partial charge in [-0.3, -0.25) is 14.7 Å². The molecule has 2 rings (SSSR count). The molecule has 2 aromatic carbocycles. The largest absolute Gasteiger partial charge is 0.368 e. The van der Waals surface area contributed by atoms with Gasteiger partial charge in [0.1, 0.15) is 0 Å². The topological polar surface area (TPSA) is 90.7 Å². The van der Waals surface area contributed by atoms with Crippen molar-refractivity contribution in [2.75, 3.05) is 19.5 Å². The Morgan fingerprint density at radius 3 is 1.88 bits per heavy atom. The van der Waals surface area contributed by atoms with Crippen LogP contribution in [0.3, 0.4) is 0 Å². The molecule has 0 radical (unpaired) electrons. The molecule has 0 aliphatic rings. The lowest BCUT2D eigenvalue weighted by Crippen LogP contribution is -2.13. The lowest BCUT2D eigenvalue weighted by Gasteiger charge is -2.26. The Labute approximate surface area is 153 Å². The average molecular weight is 378 g/mol. The maximum absolute atomic E-state index is 13.0. The van der Waals surface area contributed by atoms with Crippen molar-refractivity contribution < 1.29 is 18.5 Å². The van der Waals surface area contributed by atoms with Gasteiger partial charge in [0.15, 0.2) is 5.78 Å². The van der Waals surface area contributed by atoms with Crippen LogP contribution in [0.5, 0.6) is 0 Å². The molecule has 7 nitrogen and oxygen atoms in total. The molecular formula is C18H23N2O5P. The Balaban J connectivity index is 2.38. The van der Waals surface area contributed by atoms with Crippen LogP contribution >= 0.6 is 7.60 Å². The Morgan fingerprint density at radius 1 is 0.962 bits per heavy atom. The molecular weight excluding hydrogens is 355 g/mol. The number of hydrogen-bond donors (Lipinski definition) is 1. The summed E-state index contributed by atoms with van der Waals surface area (Å²) in [5, 5.41) is 14.0. The molecule has 0 unspecified atom stereocenters. The molecule has 0 spiro atoms. The Kier molecular flexibility index (Phi) is 6.53. The van der Waals surface area contributed by atoms with Gasteiger partial charge in [-0.15, -0.1) is 0 Å². The summed E-state index contributed by atoms with van der Waals surface area (Å²) < 4.78 is 23.3. The number of benzene rings is 2. The highest BCUT2D eigenvalue weighted by Crippen LogP contribution is 2.59. The SMILES string of the molecule is COP(=O)(OC)[C@H](Nc1ccc(C(C)C)cc1)c1ccc([N+](=O)[O-])cc1. The predicted molar refractivity (Wildman–Crippen MR) is 102 cm³/mol. The van der Waals surface area contributed by atoms with Gasteiger partial charge in [-0.2, -0.15) is 0 Å². The number of nitrogens with zero attached hydrogens (tertiary/aromatic N) is 1. The fourth-order valence-electron chi connectivity index (χ4n) is 2.53. The van der Waals surface area contributed by atoms with Gasteiger partial charge in [-0.05, 0) is 41.3 Å². The minimum atomic E-state index is -3.53. The molecule has 1 N–H and O–H groups in total. The van der Waals surface area contributed by atoms with Crippen LogP contribution in [0.1, 0.15) is 36.7 Å². The van der Waals surface area contributed by atoms with Crippen LogP contribution in [-0.4, -0.2) is 19.1 Å². The van der Waals surface area contributed by atoms with Crippen molar-refractivity contribution in [2.45, 2.75) is 25.5 Å². The maximum atomic E-state index is 13.0. The first-order valence-electron chi connectivity index (χ1n) is 8.12. The van der Waals surface area contributed by atoms with Gasteiger partial charge in [-0.1, -0.05) is 26.0 Å². The van der Waals surface area contributed by atoms with Gasteiger partial charge in [0.05, 0.1) is 4.92 Å². The maximum Gasteiger partial charge on any atom is 0.356 e. The van der Waals surface area contributed by atoms with E-state index in [2.05, 4.69) is 19.2 Å². The van der Waals surface area contributed by atoms with E-state index in [4.69, 9.17) is 9.05 Å². The van der Waals surface area contributed by atoms with E-state index in [9.17, 15) is 14.7 Å². The van der Waals surface area contributed by atoms with E-state index in [1.807, 2.05) is 24.3 Å². The summed E-state index contributed by atoms with van der Waals surface area (Å²) in [5.41, 5.74) is 2.45. The molecule has 0 aliphatic carbocycles. The first-order valence-corrected chi connectivity index (χ1v) is 9.74. The molecule has 1 atom stereocenters. The molecule has 0 saturated carbocycles. The van der Waals surface area contributed by atoms with Crippen LogP contribution in [0.2, 0.25) is 0 Å². The minimum Gasteiger partial charge on any atom is -0.368 e. The summed E-state index contributed by atoms with van der Waals surface area (Å²) >= 11 is 0. The van der Waals surface area contributed by atoms with Crippen LogP contribution in [0.4, 0.5) is 11.4 Å². The van der Waals surface area contributed by atoms with Crippen LogP contribution in [0.25, 0.3) is 0 Å². The van der Waals surface area contributed by atoms with Gasteiger partial charge in [0, 0.05) is 32.0 Å². The van der Waals surface area contributed by atoms with Crippen molar-refractivity contribution in [2.24, 2.45) is 0 Å². The van der Waals surface area contributed by atoms with Crippen molar-refractivity contribution in [3.8, 4) is 0 Å². The summed E-state index contributed by atoms with van der Waals surface area (Å²) in [7, 11) is -0.906. The number of hydrogen-bond acceptors (Lipinski definition) is 6. The molecule has 0 aromatic heterocycles. The molecule has 26 heavy (non-hydrogen) atoms. The summed E-state index contributed by atoms with van der Waals surface area (Å²) in [5.74, 6) is -0.401. The highest BCUT2D eigenvalue weighted by Gasteiger charge is 2.35. The van der Waals surface area contributed by atoms with Crippen molar-refractivity contribution in [1.82, 2.24) is 0 Å². The van der Waals surface area contributed by atoms with Gasteiger partial charge in [0.2, 0.25) is 0 Å². The van der Waals surface area contributed by atoms with Gasteiger partial charge < -0.3 is 14.4 Å². The normalized spacial score (nSPS) is 12.8. The van der Waals surface area contributed by atoms with E-state index >= 15 is 0 Å². The van der Waals surface area contributed by atoms with E-state index in [1.54, 1.807) is 12.1 Å². The van der Waals surface area contributed by atoms with E-state index in [0.717, 1.165) is 5.69 Å². The Bertz CT molecular complexity index is 782. The molecule has 8 heteroatoms. The standard InChI is InChI=1S/C18H23N2O5P/c1-13(2)14-5-9-16(10-6-14)19-18(26(23,24-3)25-4)15-7-11-17(12-8-15)20(21)22/h5-13,18-19H,1-4H3/t18-/m0/s1. The predicted octanol–water partition coefficient (Wildman–Crippen LogP) is 5.31. The van der Waals surface area contributed by atoms with Gasteiger partial charge in [0.25, 0.3) is 5.69 Å². The Hall–Kier alpha value is -2.21. The first kappa shape index (κ1) is 20.1. The van der Waals surface area contributed by atoms with Crippen LogP contribution < -0.4 is 5.32 Å². The fourth-order valence-corrected chi connectivity index (χ4v) is 3.95. The van der Waals surface area contributed by atoms with Crippen molar-refractivity contribution in [3.63, 3.8) is 0 Å².